The second kappa shape index (κ2) is 6.29. The third-order valence-electron chi connectivity index (χ3n) is 3.31. The number of hydrogen-bond acceptors (Lipinski definition) is 3. The highest BCUT2D eigenvalue weighted by atomic mass is 35.5. The van der Waals surface area contributed by atoms with Gasteiger partial charge in [0.2, 0.25) is 0 Å². The zero-order chi connectivity index (χ0) is 14.7. The molecule has 0 aliphatic carbocycles. The molecule has 0 radical (unpaired) electrons. The molecular weight excluding hydrogens is 274 g/mol. The maximum atomic E-state index is 6.26. The third kappa shape index (κ3) is 3.14. The van der Waals surface area contributed by atoms with Crippen LogP contribution in [0.15, 0.2) is 24.3 Å². The second-order valence-electron chi connectivity index (χ2n) is 4.79. The molecule has 1 aromatic carbocycles. The highest BCUT2D eigenvalue weighted by Gasteiger charge is 2.15. The van der Waals surface area contributed by atoms with Crippen molar-refractivity contribution >= 4 is 11.6 Å². The minimum Gasteiger partial charge on any atom is -0.494 e. The van der Waals surface area contributed by atoms with Crippen LogP contribution >= 0.6 is 11.6 Å². The summed E-state index contributed by atoms with van der Waals surface area (Å²) in [5.74, 6) is 0.860. The van der Waals surface area contributed by atoms with Crippen molar-refractivity contribution in [1.82, 2.24) is 9.78 Å². The lowest BCUT2D eigenvalue weighted by Crippen LogP contribution is -2.13. The van der Waals surface area contributed by atoms with Gasteiger partial charge in [-0.2, -0.15) is 5.10 Å². The average Bonchev–Trinajstić information content (AvgIpc) is 2.66. The second-order valence-corrected chi connectivity index (χ2v) is 5.15. The standard InChI is InChI=1S/C15H20ClN3O/c1-4-20-12-7-5-11(6-8-12)14(17)9-13-10(2)18-19(3)15(13)16/h5-8,14H,4,9,17H2,1-3H3. The van der Waals surface area contributed by atoms with E-state index in [2.05, 4.69) is 5.10 Å². The van der Waals surface area contributed by atoms with Gasteiger partial charge in [-0.05, 0) is 38.0 Å². The fourth-order valence-corrected chi connectivity index (χ4v) is 2.47. The number of benzene rings is 1. The van der Waals surface area contributed by atoms with Gasteiger partial charge in [-0.3, -0.25) is 4.68 Å². The van der Waals surface area contributed by atoms with E-state index in [1.54, 1.807) is 4.68 Å². The summed E-state index contributed by atoms with van der Waals surface area (Å²) in [6, 6.07) is 7.77. The summed E-state index contributed by atoms with van der Waals surface area (Å²) in [6.07, 6.45) is 0.673. The molecular formula is C15H20ClN3O. The Labute approximate surface area is 124 Å². The molecule has 0 saturated carbocycles. The van der Waals surface area contributed by atoms with Crippen LogP contribution in [0.2, 0.25) is 5.15 Å². The van der Waals surface area contributed by atoms with Crippen LogP contribution in [0, 0.1) is 6.92 Å². The van der Waals surface area contributed by atoms with Crippen molar-refractivity contribution in [2.45, 2.75) is 26.3 Å². The Hall–Kier alpha value is -1.52. The number of rotatable bonds is 5. The van der Waals surface area contributed by atoms with Crippen molar-refractivity contribution in [2.24, 2.45) is 12.8 Å². The first kappa shape index (κ1) is 14.9. The average molecular weight is 294 g/mol. The number of aryl methyl sites for hydroxylation is 2. The Morgan fingerprint density at radius 2 is 2.00 bits per heavy atom. The molecule has 0 amide bonds. The lowest BCUT2D eigenvalue weighted by molar-refractivity contribution is 0.340. The Morgan fingerprint density at radius 3 is 2.50 bits per heavy atom. The normalized spacial score (nSPS) is 12.4. The Bertz CT molecular complexity index is 578. The molecule has 0 fully saturated rings. The molecule has 0 bridgehead atoms. The highest BCUT2D eigenvalue weighted by Crippen LogP contribution is 2.25. The van der Waals surface area contributed by atoms with Gasteiger partial charge in [0.05, 0.1) is 12.3 Å². The van der Waals surface area contributed by atoms with Crippen LogP contribution in [0.1, 0.15) is 29.8 Å². The topological polar surface area (TPSA) is 53.1 Å². The Balaban J connectivity index is 2.13. The Morgan fingerprint density at radius 1 is 1.35 bits per heavy atom. The first-order valence-electron chi connectivity index (χ1n) is 6.69. The van der Waals surface area contributed by atoms with Crippen molar-refractivity contribution in [3.63, 3.8) is 0 Å². The van der Waals surface area contributed by atoms with Crippen LogP contribution in [0.25, 0.3) is 0 Å². The maximum Gasteiger partial charge on any atom is 0.130 e. The number of nitrogens with two attached hydrogens (primary N) is 1. The first-order chi connectivity index (χ1) is 9.52. The van der Waals surface area contributed by atoms with E-state index < -0.39 is 0 Å². The summed E-state index contributed by atoms with van der Waals surface area (Å²) >= 11 is 6.24. The van der Waals surface area contributed by atoms with Crippen LogP contribution in [0.4, 0.5) is 0 Å². The zero-order valence-electron chi connectivity index (χ0n) is 12.1. The van der Waals surface area contributed by atoms with Gasteiger partial charge < -0.3 is 10.5 Å². The zero-order valence-corrected chi connectivity index (χ0v) is 12.8. The third-order valence-corrected chi connectivity index (χ3v) is 3.79. The number of aromatic nitrogens is 2. The lowest BCUT2D eigenvalue weighted by atomic mass is 10.0. The van der Waals surface area contributed by atoms with Crippen LogP contribution < -0.4 is 10.5 Å². The smallest absolute Gasteiger partial charge is 0.130 e. The van der Waals surface area contributed by atoms with Crippen molar-refractivity contribution in [2.75, 3.05) is 6.61 Å². The number of ether oxygens (including phenoxy) is 1. The van der Waals surface area contributed by atoms with E-state index in [4.69, 9.17) is 22.1 Å². The van der Waals surface area contributed by atoms with Gasteiger partial charge in [0, 0.05) is 18.7 Å². The van der Waals surface area contributed by atoms with Gasteiger partial charge in [0.25, 0.3) is 0 Å². The van der Waals surface area contributed by atoms with Crippen molar-refractivity contribution in [3.8, 4) is 5.75 Å². The van der Waals surface area contributed by atoms with Gasteiger partial charge in [0.15, 0.2) is 0 Å². The molecule has 20 heavy (non-hydrogen) atoms. The molecule has 2 N–H and O–H groups in total. The van der Waals surface area contributed by atoms with E-state index >= 15 is 0 Å². The molecule has 0 spiro atoms. The van der Waals surface area contributed by atoms with Gasteiger partial charge in [-0.1, -0.05) is 23.7 Å². The number of hydrogen-bond donors (Lipinski definition) is 1. The number of nitrogens with zero attached hydrogens (tertiary/aromatic N) is 2. The largest absolute Gasteiger partial charge is 0.494 e. The first-order valence-corrected chi connectivity index (χ1v) is 7.07. The van der Waals surface area contributed by atoms with Gasteiger partial charge in [0.1, 0.15) is 10.9 Å². The van der Waals surface area contributed by atoms with Crippen LogP contribution in [-0.4, -0.2) is 16.4 Å². The summed E-state index contributed by atoms with van der Waals surface area (Å²) in [6.45, 7) is 4.58. The predicted molar refractivity (Wildman–Crippen MR) is 81.2 cm³/mol. The molecule has 2 rings (SSSR count). The van der Waals surface area contributed by atoms with Crippen molar-refractivity contribution < 1.29 is 4.74 Å². The van der Waals surface area contributed by atoms with E-state index in [-0.39, 0.29) is 6.04 Å². The highest BCUT2D eigenvalue weighted by molar-refractivity contribution is 6.30. The van der Waals surface area contributed by atoms with Crippen LogP contribution in [0.5, 0.6) is 5.75 Å². The van der Waals surface area contributed by atoms with Crippen molar-refractivity contribution in [1.29, 1.82) is 0 Å². The fraction of sp³-hybridized carbons (Fsp3) is 0.400. The molecule has 1 unspecified atom stereocenters. The minimum absolute atomic E-state index is 0.105. The van der Waals surface area contributed by atoms with Crippen LogP contribution in [0.3, 0.4) is 0 Å². The summed E-state index contributed by atoms with van der Waals surface area (Å²) in [5.41, 5.74) is 9.26. The van der Waals surface area contributed by atoms with E-state index in [1.165, 1.54) is 0 Å². The SMILES string of the molecule is CCOc1ccc(C(N)Cc2c(C)nn(C)c2Cl)cc1. The molecule has 108 valence electrons. The fourth-order valence-electron chi connectivity index (χ4n) is 2.22. The monoisotopic (exact) mass is 293 g/mol. The number of halogens is 1. The van der Waals surface area contributed by atoms with Gasteiger partial charge in [-0.25, -0.2) is 0 Å². The van der Waals surface area contributed by atoms with E-state index in [9.17, 15) is 0 Å². The predicted octanol–water partition coefficient (Wildman–Crippen LogP) is 3.02. The molecule has 4 nitrogen and oxygen atoms in total. The van der Waals surface area contributed by atoms with E-state index in [0.717, 1.165) is 22.6 Å². The summed E-state index contributed by atoms with van der Waals surface area (Å²) in [4.78, 5) is 0. The molecule has 2 aromatic rings. The minimum atomic E-state index is -0.105. The molecule has 1 atom stereocenters. The summed E-state index contributed by atoms with van der Waals surface area (Å²) in [5, 5.41) is 4.96. The summed E-state index contributed by atoms with van der Waals surface area (Å²) in [7, 11) is 1.83. The summed E-state index contributed by atoms with van der Waals surface area (Å²) < 4.78 is 7.10. The molecule has 1 aromatic heterocycles. The van der Waals surface area contributed by atoms with Gasteiger partial charge in [-0.15, -0.1) is 0 Å². The van der Waals surface area contributed by atoms with E-state index in [0.29, 0.717) is 18.2 Å². The molecule has 0 aliphatic rings. The Kier molecular flexibility index (Phi) is 4.68. The molecule has 5 heteroatoms. The lowest BCUT2D eigenvalue weighted by Gasteiger charge is -2.13. The van der Waals surface area contributed by atoms with Crippen LogP contribution in [-0.2, 0) is 13.5 Å². The maximum absolute atomic E-state index is 6.26. The molecule has 0 saturated heterocycles. The van der Waals surface area contributed by atoms with E-state index in [1.807, 2.05) is 45.2 Å². The molecule has 0 aliphatic heterocycles. The van der Waals surface area contributed by atoms with Gasteiger partial charge >= 0.3 is 0 Å². The molecule has 1 heterocycles. The van der Waals surface area contributed by atoms with Crippen molar-refractivity contribution in [3.05, 3.63) is 46.2 Å². The quantitative estimate of drug-likeness (QED) is 0.922.